The Kier molecular flexibility index (Phi) is 9.80. The zero-order valence-corrected chi connectivity index (χ0v) is 18.2. The second-order valence-corrected chi connectivity index (χ2v) is 7.71. The van der Waals surface area contributed by atoms with E-state index in [-0.39, 0.29) is 12.3 Å². The van der Waals surface area contributed by atoms with Gasteiger partial charge in [0.05, 0.1) is 5.69 Å². The van der Waals surface area contributed by atoms with Gasteiger partial charge in [0.15, 0.2) is 0 Å². The quantitative estimate of drug-likeness (QED) is 0.809. The molecule has 1 saturated heterocycles. The molecule has 1 aliphatic rings. The number of aromatic nitrogens is 2. The van der Waals surface area contributed by atoms with E-state index in [4.69, 9.17) is 9.47 Å². The van der Waals surface area contributed by atoms with E-state index in [1.54, 1.807) is 0 Å². The number of carbonyl (C=O) groups excluding carboxylic acids is 1. The monoisotopic (exact) mass is 382 g/mol. The molecular weight excluding hydrogens is 344 g/mol. The second kappa shape index (κ2) is 11.3. The van der Waals surface area contributed by atoms with E-state index >= 15 is 0 Å². The Bertz CT molecular complexity index is 560. The fourth-order valence-electron chi connectivity index (χ4n) is 2.79. The van der Waals surface area contributed by atoms with Crippen molar-refractivity contribution in [2.45, 2.75) is 79.2 Å². The first-order valence-electron chi connectivity index (χ1n) is 10.1. The molecule has 0 aliphatic carbocycles. The molecular formula is C20H38N4O3. The summed E-state index contributed by atoms with van der Waals surface area (Å²) >= 11 is 0. The smallest absolute Gasteiger partial charge is 0.407 e. The summed E-state index contributed by atoms with van der Waals surface area (Å²) in [6.07, 6.45) is 5.13. The molecule has 0 aromatic carbocycles. The summed E-state index contributed by atoms with van der Waals surface area (Å²) in [4.78, 5) is 13.8. The van der Waals surface area contributed by atoms with Crippen molar-refractivity contribution in [2.75, 3.05) is 26.7 Å². The highest BCUT2D eigenvalue weighted by atomic mass is 16.6. The highest BCUT2D eigenvalue weighted by molar-refractivity contribution is 5.67. The van der Waals surface area contributed by atoms with Crippen LogP contribution in [0, 0.1) is 6.92 Å². The third-order valence-corrected chi connectivity index (χ3v) is 4.07. The molecule has 0 bridgehead atoms. The number of amides is 1. The highest BCUT2D eigenvalue weighted by Gasteiger charge is 2.19. The summed E-state index contributed by atoms with van der Waals surface area (Å²) in [6, 6.07) is 0. The first kappa shape index (κ1) is 23.4. The number of nitrogens with zero attached hydrogens (tertiary/aromatic N) is 3. The summed E-state index contributed by atoms with van der Waals surface area (Å²) < 4.78 is 13.0. The molecule has 2 heterocycles. The van der Waals surface area contributed by atoms with Gasteiger partial charge in [-0.2, -0.15) is 5.10 Å². The number of ether oxygens (including phenoxy) is 2. The SMILES string of the molecule is CC.Cc1nn(C2CCCCO2)cc1CN(C)CCNC(=O)OC(C)(C)C. The first-order valence-corrected chi connectivity index (χ1v) is 10.1. The summed E-state index contributed by atoms with van der Waals surface area (Å²) in [5, 5.41) is 7.40. The third kappa shape index (κ3) is 8.75. The summed E-state index contributed by atoms with van der Waals surface area (Å²) in [5.74, 6) is 0. The van der Waals surface area contributed by atoms with Crippen LogP contribution in [-0.2, 0) is 16.0 Å². The fraction of sp³-hybridized carbons (Fsp3) is 0.800. The molecule has 1 atom stereocenters. The molecule has 0 radical (unpaired) electrons. The van der Waals surface area contributed by atoms with Gasteiger partial charge in [0.25, 0.3) is 0 Å². The number of rotatable bonds is 6. The molecule has 7 heteroatoms. The Hall–Kier alpha value is -1.60. The number of hydrogen-bond acceptors (Lipinski definition) is 5. The number of hydrogen-bond donors (Lipinski definition) is 1. The van der Waals surface area contributed by atoms with Crippen LogP contribution in [0.25, 0.3) is 0 Å². The van der Waals surface area contributed by atoms with Crippen molar-refractivity contribution in [3.8, 4) is 0 Å². The van der Waals surface area contributed by atoms with Crippen molar-refractivity contribution in [1.29, 1.82) is 0 Å². The average Bonchev–Trinajstić information content (AvgIpc) is 2.96. The molecule has 1 N–H and O–H groups in total. The maximum absolute atomic E-state index is 11.7. The number of aryl methyl sites for hydroxylation is 1. The van der Waals surface area contributed by atoms with E-state index in [9.17, 15) is 4.79 Å². The molecule has 0 saturated carbocycles. The Morgan fingerprint density at radius 3 is 2.70 bits per heavy atom. The number of likely N-dealkylation sites (N-methyl/N-ethyl adjacent to an activating group) is 1. The summed E-state index contributed by atoms with van der Waals surface area (Å²) in [5.41, 5.74) is 1.75. The lowest BCUT2D eigenvalue weighted by atomic mass is 10.2. The Labute approximate surface area is 164 Å². The van der Waals surface area contributed by atoms with E-state index in [1.807, 2.05) is 53.3 Å². The van der Waals surface area contributed by atoms with Gasteiger partial charge in [-0.15, -0.1) is 0 Å². The van der Waals surface area contributed by atoms with E-state index in [2.05, 4.69) is 21.5 Å². The lowest BCUT2D eigenvalue weighted by molar-refractivity contribution is -0.0396. The second-order valence-electron chi connectivity index (χ2n) is 7.71. The van der Waals surface area contributed by atoms with Crippen molar-refractivity contribution in [3.63, 3.8) is 0 Å². The van der Waals surface area contributed by atoms with Gasteiger partial charge < -0.3 is 19.7 Å². The fourth-order valence-corrected chi connectivity index (χ4v) is 2.79. The van der Waals surface area contributed by atoms with Gasteiger partial charge in [0.2, 0.25) is 0 Å². The molecule has 1 aromatic rings. The summed E-state index contributed by atoms with van der Waals surface area (Å²) in [6.45, 7) is 14.5. The normalized spacial score (nSPS) is 17.3. The Balaban J connectivity index is 0.00000176. The Morgan fingerprint density at radius 2 is 2.11 bits per heavy atom. The van der Waals surface area contributed by atoms with Gasteiger partial charge in [0.1, 0.15) is 11.8 Å². The average molecular weight is 383 g/mol. The van der Waals surface area contributed by atoms with Gasteiger partial charge in [-0.05, 0) is 54.0 Å². The van der Waals surface area contributed by atoms with Gasteiger partial charge in [-0.1, -0.05) is 13.8 Å². The molecule has 7 nitrogen and oxygen atoms in total. The zero-order chi connectivity index (χ0) is 20.4. The van der Waals surface area contributed by atoms with E-state index < -0.39 is 5.60 Å². The van der Waals surface area contributed by atoms with Crippen LogP contribution < -0.4 is 5.32 Å². The molecule has 2 rings (SSSR count). The number of carbonyl (C=O) groups is 1. The lowest BCUT2D eigenvalue weighted by Crippen LogP contribution is -2.36. The van der Waals surface area contributed by atoms with Crippen LogP contribution in [0.1, 0.15) is 71.4 Å². The van der Waals surface area contributed by atoms with Crippen LogP contribution in [0.2, 0.25) is 0 Å². The maximum atomic E-state index is 11.7. The maximum Gasteiger partial charge on any atom is 0.407 e. The standard InChI is InChI=1S/C18H32N4O3.C2H6/c1-14-15(13-22(20-14)16-8-6-7-11-24-16)12-21(5)10-9-19-17(23)25-18(2,3)4;1-2/h13,16H,6-12H2,1-5H3,(H,19,23);1-2H3. The van der Waals surface area contributed by atoms with E-state index in [0.29, 0.717) is 6.54 Å². The summed E-state index contributed by atoms with van der Waals surface area (Å²) in [7, 11) is 2.03. The van der Waals surface area contributed by atoms with Crippen LogP contribution in [0.15, 0.2) is 6.20 Å². The van der Waals surface area contributed by atoms with Crippen LogP contribution in [0.5, 0.6) is 0 Å². The first-order chi connectivity index (χ1) is 12.7. The molecule has 1 amide bonds. The topological polar surface area (TPSA) is 68.6 Å². The van der Waals surface area contributed by atoms with Crippen LogP contribution in [0.3, 0.4) is 0 Å². The van der Waals surface area contributed by atoms with Crippen molar-refractivity contribution in [2.24, 2.45) is 0 Å². The minimum atomic E-state index is -0.469. The highest BCUT2D eigenvalue weighted by Crippen LogP contribution is 2.23. The molecule has 156 valence electrons. The van der Waals surface area contributed by atoms with Crippen molar-refractivity contribution < 1.29 is 14.3 Å². The number of alkyl carbamates (subject to hydrolysis) is 1. The van der Waals surface area contributed by atoms with Gasteiger partial charge >= 0.3 is 6.09 Å². The predicted molar refractivity (Wildman–Crippen MR) is 108 cm³/mol. The van der Waals surface area contributed by atoms with Crippen LogP contribution in [-0.4, -0.2) is 53.1 Å². The minimum Gasteiger partial charge on any atom is -0.444 e. The molecule has 1 unspecified atom stereocenters. The van der Waals surface area contributed by atoms with Crippen LogP contribution >= 0.6 is 0 Å². The molecule has 1 aliphatic heterocycles. The van der Waals surface area contributed by atoms with Crippen molar-refractivity contribution in [1.82, 2.24) is 20.0 Å². The molecule has 27 heavy (non-hydrogen) atoms. The molecule has 1 aromatic heterocycles. The minimum absolute atomic E-state index is 0.0698. The van der Waals surface area contributed by atoms with Crippen molar-refractivity contribution >= 4 is 6.09 Å². The largest absolute Gasteiger partial charge is 0.444 e. The lowest BCUT2D eigenvalue weighted by Gasteiger charge is -2.22. The molecule has 1 fully saturated rings. The van der Waals surface area contributed by atoms with E-state index in [0.717, 1.165) is 38.2 Å². The van der Waals surface area contributed by atoms with Gasteiger partial charge in [-0.3, -0.25) is 0 Å². The zero-order valence-electron chi connectivity index (χ0n) is 18.2. The molecule has 0 spiro atoms. The van der Waals surface area contributed by atoms with Gasteiger partial charge in [0, 0.05) is 38.0 Å². The van der Waals surface area contributed by atoms with Crippen molar-refractivity contribution in [3.05, 3.63) is 17.5 Å². The Morgan fingerprint density at radius 1 is 1.41 bits per heavy atom. The third-order valence-electron chi connectivity index (χ3n) is 4.07. The van der Waals surface area contributed by atoms with E-state index in [1.165, 1.54) is 12.0 Å². The van der Waals surface area contributed by atoms with Crippen LogP contribution in [0.4, 0.5) is 4.79 Å². The van der Waals surface area contributed by atoms with Gasteiger partial charge in [-0.25, -0.2) is 9.48 Å². The number of nitrogens with one attached hydrogen (secondary N) is 1. The predicted octanol–water partition coefficient (Wildman–Crippen LogP) is 3.87.